The van der Waals surface area contributed by atoms with E-state index in [0.29, 0.717) is 22.5 Å². The fraction of sp³-hybridized carbons (Fsp3) is 0.467. The Morgan fingerprint density at radius 3 is 1.45 bits per heavy atom. The van der Waals surface area contributed by atoms with Crippen molar-refractivity contribution in [3.8, 4) is 0 Å². The smallest absolute Gasteiger partial charge is 0.265 e. The van der Waals surface area contributed by atoms with Crippen LogP contribution in [-0.4, -0.2) is 135 Å². The molecule has 21 heteroatoms. The largest absolute Gasteiger partial charge is 0.392 e. The fourth-order valence-electron chi connectivity index (χ4n) is 10.0. The lowest BCUT2D eigenvalue weighted by Gasteiger charge is -2.54. The number of benzene rings is 2. The van der Waals surface area contributed by atoms with E-state index in [1.807, 2.05) is 0 Å². The minimum absolute atomic E-state index is 0.489. The third kappa shape index (κ3) is 3.17. The van der Waals surface area contributed by atoms with E-state index in [0.717, 1.165) is 53.0 Å². The number of aliphatic hydroxyl groups is 4. The number of carbonyl (C=O) groups is 4. The summed E-state index contributed by atoms with van der Waals surface area (Å²) < 4.78 is 0. The molecule has 10 aliphatic rings. The SMILES string of the molecule is CN1C(=O)[C@]23SSSS[C@@]1(CO)C(=O)N2[C@H]1Nc2ccccc2[C@@]1([C@@]12c4ccccc4N[C@@H]1N1C(=O)[C@]4(CO)SSS[C@]1(C(=O)N4C)[C@H]2O)[C@@H]3O. The molecule has 0 unspecified atom stereocenters. The number of aliphatic hydroxyl groups excluding tert-OH is 4. The summed E-state index contributed by atoms with van der Waals surface area (Å²) in [7, 11) is 10.6. The summed E-state index contributed by atoms with van der Waals surface area (Å²) in [6.45, 7) is -1.39. The molecule has 4 bridgehead atoms. The number of carbonyl (C=O) groups excluding carboxylic acids is 4. The number of hydrogen-bond donors (Lipinski definition) is 6. The Balaban J connectivity index is 1.35. The minimum atomic E-state index is -1.98. The molecule has 2 spiro atoms. The van der Waals surface area contributed by atoms with E-state index in [-0.39, 0.29) is 0 Å². The molecule has 0 radical (unpaired) electrons. The molecule has 10 heterocycles. The van der Waals surface area contributed by atoms with Crippen LogP contribution in [0.1, 0.15) is 11.1 Å². The van der Waals surface area contributed by atoms with Crippen LogP contribution < -0.4 is 10.6 Å². The Bertz CT molecular complexity index is 2010. The van der Waals surface area contributed by atoms with Crippen LogP contribution in [0.5, 0.6) is 0 Å². The van der Waals surface area contributed by atoms with Crippen molar-refractivity contribution in [1.82, 2.24) is 19.6 Å². The van der Waals surface area contributed by atoms with Gasteiger partial charge in [0, 0.05) is 25.5 Å². The first-order chi connectivity index (χ1) is 24.5. The summed E-state index contributed by atoms with van der Waals surface area (Å²) in [6, 6.07) is 14.3. The molecule has 2 aromatic carbocycles. The maximum atomic E-state index is 15.1. The molecule has 2 aromatic rings. The van der Waals surface area contributed by atoms with Crippen molar-refractivity contribution in [1.29, 1.82) is 0 Å². The van der Waals surface area contributed by atoms with Crippen molar-refractivity contribution in [3.05, 3.63) is 59.7 Å². The molecule has 8 fully saturated rings. The van der Waals surface area contributed by atoms with Gasteiger partial charge in [-0.05, 0) is 95.9 Å². The van der Waals surface area contributed by atoms with Crippen LogP contribution in [0.15, 0.2) is 48.5 Å². The Hall–Kier alpha value is -1.79. The first kappa shape index (κ1) is 33.8. The normalized spacial score (nSPS) is 44.3. The van der Waals surface area contributed by atoms with E-state index in [9.17, 15) is 30.0 Å². The van der Waals surface area contributed by atoms with Crippen LogP contribution >= 0.6 is 72.7 Å². The van der Waals surface area contributed by atoms with Gasteiger partial charge in [0.2, 0.25) is 19.5 Å². The summed E-state index contributed by atoms with van der Waals surface area (Å²) in [5.41, 5.74) is -1.58. The zero-order valence-corrected chi connectivity index (χ0v) is 32.1. The van der Waals surface area contributed by atoms with E-state index in [2.05, 4.69) is 10.6 Å². The van der Waals surface area contributed by atoms with Crippen LogP contribution in [0.25, 0.3) is 0 Å². The first-order valence-electron chi connectivity index (χ1n) is 15.7. The van der Waals surface area contributed by atoms with E-state index in [4.69, 9.17) is 0 Å². The van der Waals surface area contributed by atoms with Crippen LogP contribution in [0.2, 0.25) is 0 Å². The van der Waals surface area contributed by atoms with Gasteiger partial charge in [0.15, 0.2) is 0 Å². The molecule has 14 nitrogen and oxygen atoms in total. The number of nitrogens with one attached hydrogen (secondary N) is 2. The molecular formula is C30H28N6O8S7. The van der Waals surface area contributed by atoms with Crippen molar-refractivity contribution in [2.75, 3.05) is 37.9 Å². The lowest BCUT2D eigenvalue weighted by Crippen LogP contribution is -2.76. The predicted octanol–water partition coefficient (Wildman–Crippen LogP) is 1.22. The second-order valence-corrected chi connectivity index (χ2v) is 24.2. The molecule has 8 saturated heterocycles. The van der Waals surface area contributed by atoms with Crippen molar-refractivity contribution in [2.24, 2.45) is 0 Å². The van der Waals surface area contributed by atoms with Crippen LogP contribution in [0.3, 0.4) is 0 Å². The van der Waals surface area contributed by atoms with Gasteiger partial charge < -0.3 is 40.9 Å². The molecule has 6 N–H and O–H groups in total. The number of rotatable bonds is 3. The first-order valence-corrected chi connectivity index (χ1v) is 24.0. The Morgan fingerprint density at radius 1 is 0.608 bits per heavy atom. The molecule has 51 heavy (non-hydrogen) atoms. The number of para-hydroxylation sites is 2. The Kier molecular flexibility index (Phi) is 6.94. The second-order valence-electron chi connectivity index (χ2n) is 13.6. The lowest BCUT2D eigenvalue weighted by atomic mass is 9.52. The van der Waals surface area contributed by atoms with Crippen molar-refractivity contribution in [3.63, 3.8) is 0 Å². The van der Waals surface area contributed by atoms with Crippen molar-refractivity contribution < 1.29 is 39.6 Å². The maximum Gasteiger partial charge on any atom is 0.265 e. The molecule has 12 rings (SSSR count). The van der Waals surface area contributed by atoms with Crippen LogP contribution in [0.4, 0.5) is 11.4 Å². The highest BCUT2D eigenvalue weighted by molar-refractivity contribution is 9.26. The third-order valence-electron chi connectivity index (χ3n) is 12.2. The number of amides is 4. The molecule has 0 saturated carbocycles. The highest BCUT2D eigenvalue weighted by Gasteiger charge is 2.92. The monoisotopic (exact) mass is 824 g/mol. The number of piperazine rings is 2. The summed E-state index contributed by atoms with van der Waals surface area (Å²) in [4.78, 5) is 57.8. The molecule has 268 valence electrons. The number of fused-ring (bicyclic) bond motifs is 14. The van der Waals surface area contributed by atoms with Gasteiger partial charge in [-0.1, -0.05) is 36.4 Å². The number of anilines is 2. The molecule has 10 aliphatic heterocycles. The van der Waals surface area contributed by atoms with Crippen molar-refractivity contribution in [2.45, 2.75) is 54.9 Å². The summed E-state index contributed by atoms with van der Waals surface area (Å²) in [5.74, 6) is -2.42. The summed E-state index contributed by atoms with van der Waals surface area (Å²) >= 11 is 0. The van der Waals surface area contributed by atoms with E-state index in [1.165, 1.54) is 53.3 Å². The number of likely N-dealkylation sites (N-methyl/N-ethyl adjacent to an activating group) is 2. The van der Waals surface area contributed by atoms with Gasteiger partial charge in [0.05, 0.1) is 24.0 Å². The minimum Gasteiger partial charge on any atom is -0.392 e. The lowest BCUT2D eigenvalue weighted by molar-refractivity contribution is -0.168. The molecule has 0 aromatic heterocycles. The average Bonchev–Trinajstić information content (AvgIpc) is 3.73. The van der Waals surface area contributed by atoms with E-state index < -0.39 is 91.7 Å². The summed E-state index contributed by atoms with van der Waals surface area (Å²) in [5, 5.41) is 55.7. The Morgan fingerprint density at radius 2 is 1.00 bits per heavy atom. The van der Waals surface area contributed by atoms with Crippen LogP contribution in [-0.2, 0) is 30.0 Å². The standard InChI is InChI=1S/C30H28N6O8S7/c1-33-23(43)29-17(39)27(13-7-3-5-9-15(13)31-19(27)35(29)21(41)25(33,11-37)45-49-47-29)28-14-8-4-6-10-16(14)32-20(28)36-22(42)26(12-38)34(2)24(44)30(36,18(28)40)48-51-50-46-26/h3-10,17-20,31-32,37-40H,11-12H2,1-2H3/t17-,18-,19+,20+,25-,26-,27+,28+,29-,30-/m0/s1. The fourth-order valence-corrected chi connectivity index (χ4v) is 23.5. The van der Waals surface area contributed by atoms with Crippen LogP contribution in [0, 0.1) is 0 Å². The molecular weight excluding hydrogens is 797 g/mol. The third-order valence-corrected chi connectivity index (χ3v) is 24.6. The van der Waals surface area contributed by atoms with Gasteiger partial charge in [-0.3, -0.25) is 29.0 Å². The number of hydrogen-bond acceptors (Lipinski definition) is 17. The Labute approximate surface area is 317 Å². The number of nitrogens with zero attached hydrogens (tertiary/aromatic N) is 4. The zero-order chi connectivity index (χ0) is 35.7. The quantitative estimate of drug-likeness (QED) is 0.243. The topological polar surface area (TPSA) is 186 Å². The maximum absolute atomic E-state index is 15.1. The van der Waals surface area contributed by atoms with Gasteiger partial charge in [0.1, 0.15) is 24.5 Å². The summed E-state index contributed by atoms with van der Waals surface area (Å²) in [6.07, 6.45) is -5.94. The average molecular weight is 825 g/mol. The molecule has 4 amide bonds. The van der Waals surface area contributed by atoms with E-state index in [1.54, 1.807) is 48.5 Å². The van der Waals surface area contributed by atoms with Gasteiger partial charge in [-0.15, -0.1) is 0 Å². The molecule has 10 atom stereocenters. The predicted molar refractivity (Wildman–Crippen MR) is 201 cm³/mol. The van der Waals surface area contributed by atoms with Crippen molar-refractivity contribution >= 4 is 108 Å². The second kappa shape index (κ2) is 10.5. The van der Waals surface area contributed by atoms with Gasteiger partial charge in [0.25, 0.3) is 23.6 Å². The van der Waals surface area contributed by atoms with Gasteiger partial charge >= 0.3 is 0 Å². The highest BCUT2D eigenvalue weighted by atomic mass is 33.7. The highest BCUT2D eigenvalue weighted by Crippen LogP contribution is 2.78. The van der Waals surface area contributed by atoms with E-state index >= 15 is 9.59 Å². The van der Waals surface area contributed by atoms with Gasteiger partial charge in [-0.25, -0.2) is 0 Å². The molecule has 0 aliphatic carbocycles. The zero-order valence-electron chi connectivity index (χ0n) is 26.4. The van der Waals surface area contributed by atoms with Gasteiger partial charge in [-0.2, -0.15) is 0 Å².